The molecule has 0 radical (unpaired) electrons. The van der Waals surface area contributed by atoms with Gasteiger partial charge in [0.25, 0.3) is 5.89 Å². The molecule has 0 bridgehead atoms. The van der Waals surface area contributed by atoms with Gasteiger partial charge in [0, 0.05) is 17.1 Å². The number of hydroxylamine groups is 2. The quantitative estimate of drug-likeness (QED) is 0.355. The highest BCUT2D eigenvalue weighted by molar-refractivity contribution is 6.30. The molecule has 0 amide bonds. The van der Waals surface area contributed by atoms with E-state index in [-0.39, 0.29) is 19.1 Å². The molecule has 1 aromatic heterocycles. The number of carbonyl (C=O) groups excluding carboxylic acids is 1. The molecule has 0 saturated carbocycles. The van der Waals surface area contributed by atoms with Crippen LogP contribution in [0.25, 0.3) is 0 Å². The molecule has 0 aliphatic carbocycles. The first-order valence-corrected chi connectivity index (χ1v) is 11.6. The molecular weight excluding hydrogens is 486 g/mol. The number of benzene rings is 3. The van der Waals surface area contributed by atoms with Crippen LogP contribution in [-0.4, -0.2) is 28.0 Å². The highest BCUT2D eigenvalue weighted by atomic mass is 35.5. The van der Waals surface area contributed by atoms with Crippen LogP contribution < -0.4 is 10.5 Å². The summed E-state index contributed by atoms with van der Waals surface area (Å²) in [6.45, 7) is 0.444. The van der Waals surface area contributed by atoms with Crippen LogP contribution in [0.4, 0.5) is 4.79 Å². The van der Waals surface area contributed by atoms with Crippen molar-refractivity contribution in [2.45, 2.75) is 25.7 Å². The van der Waals surface area contributed by atoms with Crippen molar-refractivity contribution in [3.63, 3.8) is 0 Å². The van der Waals surface area contributed by atoms with Gasteiger partial charge in [0.2, 0.25) is 0 Å². The zero-order valence-corrected chi connectivity index (χ0v) is 19.8. The Morgan fingerprint density at radius 1 is 1.06 bits per heavy atom. The van der Waals surface area contributed by atoms with Crippen LogP contribution in [0.15, 0.2) is 82.0 Å². The summed E-state index contributed by atoms with van der Waals surface area (Å²) in [7, 11) is 0. The van der Waals surface area contributed by atoms with E-state index in [0.29, 0.717) is 29.3 Å². The smallest absolute Gasteiger partial charge is 0.483 e. The lowest BCUT2D eigenvalue weighted by molar-refractivity contribution is -0.152. The van der Waals surface area contributed by atoms with Gasteiger partial charge in [0.15, 0.2) is 6.61 Å². The van der Waals surface area contributed by atoms with E-state index >= 15 is 0 Å². The molecule has 10 heteroatoms. The number of rotatable bonds is 7. The van der Waals surface area contributed by atoms with E-state index in [9.17, 15) is 9.59 Å². The summed E-state index contributed by atoms with van der Waals surface area (Å²) in [5.74, 6) is -0.0970. The van der Waals surface area contributed by atoms with E-state index in [1.54, 1.807) is 23.3 Å². The van der Waals surface area contributed by atoms with Crippen LogP contribution in [-0.2, 0) is 29.2 Å². The number of H-pyrrole nitrogens is 1. The maximum atomic E-state index is 12.6. The highest BCUT2D eigenvalue weighted by Crippen LogP contribution is 2.40. The molecule has 184 valence electrons. The normalized spacial score (nSPS) is 15.2. The first kappa shape index (κ1) is 23.7. The van der Waals surface area contributed by atoms with Crippen molar-refractivity contribution in [1.29, 1.82) is 0 Å². The Morgan fingerprint density at radius 3 is 2.67 bits per heavy atom. The average molecular weight is 508 g/mol. The molecule has 36 heavy (non-hydrogen) atoms. The lowest BCUT2D eigenvalue weighted by Crippen LogP contribution is -2.38. The van der Waals surface area contributed by atoms with Crippen LogP contribution in [0.1, 0.15) is 34.2 Å². The third-order valence-electron chi connectivity index (χ3n) is 5.73. The third-order valence-corrected chi connectivity index (χ3v) is 5.97. The molecule has 1 atom stereocenters. The van der Waals surface area contributed by atoms with E-state index in [0.717, 1.165) is 16.7 Å². The number of carbonyl (C=O) groups is 1. The van der Waals surface area contributed by atoms with Crippen LogP contribution in [0.5, 0.6) is 5.75 Å². The largest absolute Gasteiger partial charge is 0.528 e. The molecule has 0 fully saturated rings. The summed E-state index contributed by atoms with van der Waals surface area (Å²) < 4.78 is 16.2. The Morgan fingerprint density at radius 2 is 1.86 bits per heavy atom. The number of fused-ring (bicyclic) bond motifs is 1. The number of hydrogen-bond donors (Lipinski definition) is 1. The molecule has 4 aromatic rings. The first-order valence-electron chi connectivity index (χ1n) is 11.3. The number of halogens is 1. The number of nitrogens with zero attached hydrogens (tertiary/aromatic N) is 2. The zero-order valence-electron chi connectivity index (χ0n) is 19.1. The van der Waals surface area contributed by atoms with Crippen molar-refractivity contribution in [1.82, 2.24) is 15.3 Å². The first-order chi connectivity index (χ1) is 17.6. The van der Waals surface area contributed by atoms with E-state index in [2.05, 4.69) is 10.2 Å². The fraction of sp³-hybridized carbons (Fsp3) is 0.192. The minimum atomic E-state index is -0.814. The molecule has 0 saturated heterocycles. The lowest BCUT2D eigenvalue weighted by atomic mass is 9.89. The average Bonchev–Trinajstić information content (AvgIpc) is 3.32. The minimum Gasteiger partial charge on any atom is -0.483 e. The summed E-state index contributed by atoms with van der Waals surface area (Å²) in [5.41, 5.74) is 3.58. The van der Waals surface area contributed by atoms with E-state index in [1.807, 2.05) is 54.6 Å². The van der Waals surface area contributed by atoms with Crippen molar-refractivity contribution in [3.8, 4) is 5.75 Å². The van der Waals surface area contributed by atoms with Crippen molar-refractivity contribution in [2.24, 2.45) is 0 Å². The van der Waals surface area contributed by atoms with E-state index in [4.69, 9.17) is 30.3 Å². The van der Waals surface area contributed by atoms with Crippen LogP contribution in [0.3, 0.4) is 0 Å². The summed E-state index contributed by atoms with van der Waals surface area (Å²) in [4.78, 5) is 29.6. The van der Waals surface area contributed by atoms with Gasteiger partial charge in [0.05, 0.1) is 6.04 Å². The molecule has 9 nitrogen and oxygen atoms in total. The van der Waals surface area contributed by atoms with Gasteiger partial charge < -0.3 is 18.7 Å². The van der Waals surface area contributed by atoms with Crippen molar-refractivity contribution >= 4 is 17.8 Å². The summed E-state index contributed by atoms with van der Waals surface area (Å²) in [6.07, 6.45) is -0.139. The van der Waals surface area contributed by atoms with Crippen LogP contribution in [0, 0.1) is 0 Å². The maximum Gasteiger partial charge on any atom is 0.528 e. The van der Waals surface area contributed by atoms with Crippen molar-refractivity contribution in [2.75, 3.05) is 6.54 Å². The maximum absolute atomic E-state index is 12.6. The second kappa shape index (κ2) is 10.7. The Balaban J connectivity index is 1.42. The van der Waals surface area contributed by atoms with Crippen LogP contribution in [0.2, 0.25) is 5.02 Å². The number of nitrogens with one attached hydrogen (secondary N) is 1. The summed E-state index contributed by atoms with van der Waals surface area (Å²) in [6, 6.07) is 21.9. The highest BCUT2D eigenvalue weighted by Gasteiger charge is 2.34. The number of aromatic amines is 1. The second-order valence-corrected chi connectivity index (χ2v) is 8.52. The van der Waals surface area contributed by atoms with Gasteiger partial charge in [-0.1, -0.05) is 66.2 Å². The number of hydrogen-bond acceptors (Lipinski definition) is 8. The standard InChI is InChI=1S/C26H22ClN3O6/c27-19-10-11-22(33-16-23-28-29-25(31)35-23)21(14-19)24-20-9-5-4-8-18(20)12-13-30(24)36-26(32)34-15-17-6-2-1-3-7-17/h1-11,14,24H,12-13,15-16H2,(H,29,31)/t24-/m0/s1. The monoisotopic (exact) mass is 507 g/mol. The molecule has 0 unspecified atom stereocenters. The van der Waals surface area contributed by atoms with E-state index in [1.165, 1.54) is 0 Å². The molecule has 1 N–H and O–H groups in total. The predicted octanol–water partition coefficient (Wildman–Crippen LogP) is 4.81. The third kappa shape index (κ3) is 5.42. The number of ether oxygens (including phenoxy) is 2. The SMILES string of the molecule is O=C(OCc1ccccc1)ON1CCc2ccccc2[C@H]1c1cc(Cl)ccc1OCc1n[nH]c(=O)o1. The second-order valence-electron chi connectivity index (χ2n) is 8.09. The van der Waals surface area contributed by atoms with Gasteiger partial charge in [-0.15, -0.1) is 10.2 Å². The minimum absolute atomic E-state index is 0.0816. The number of aromatic nitrogens is 2. The molecule has 5 rings (SSSR count). The fourth-order valence-electron chi connectivity index (χ4n) is 4.13. The van der Waals surface area contributed by atoms with Crippen LogP contribution >= 0.6 is 11.6 Å². The van der Waals surface area contributed by atoms with Gasteiger partial charge in [-0.2, -0.15) is 0 Å². The van der Waals surface area contributed by atoms with Gasteiger partial charge in [-0.25, -0.2) is 14.7 Å². The molecule has 1 aliphatic heterocycles. The predicted molar refractivity (Wildman–Crippen MR) is 129 cm³/mol. The van der Waals surface area contributed by atoms with Crippen molar-refractivity contribution in [3.05, 3.63) is 117 Å². The van der Waals surface area contributed by atoms with Gasteiger partial charge >= 0.3 is 11.9 Å². The summed E-state index contributed by atoms with van der Waals surface area (Å²) >= 11 is 6.37. The van der Waals surface area contributed by atoms with Gasteiger partial charge in [-0.05, 0) is 41.3 Å². The van der Waals surface area contributed by atoms with E-state index < -0.39 is 18.0 Å². The molecule has 1 aliphatic rings. The molecule has 0 spiro atoms. The molecular formula is C26H22ClN3O6. The Hall–Kier alpha value is -4.08. The lowest BCUT2D eigenvalue weighted by Gasteiger charge is -2.36. The van der Waals surface area contributed by atoms with Gasteiger partial charge in [-0.3, -0.25) is 0 Å². The molecule has 2 heterocycles. The topological polar surface area (TPSA) is 107 Å². The zero-order chi connectivity index (χ0) is 24.9. The Bertz CT molecular complexity index is 1400. The fourth-order valence-corrected chi connectivity index (χ4v) is 4.31. The summed E-state index contributed by atoms with van der Waals surface area (Å²) in [5, 5.41) is 8.04. The van der Waals surface area contributed by atoms with Gasteiger partial charge in [0.1, 0.15) is 12.4 Å². The van der Waals surface area contributed by atoms with Crippen molar-refractivity contribution < 1.29 is 23.5 Å². The Labute approximate surface area is 211 Å². The molecule has 3 aromatic carbocycles. The Kier molecular flexibility index (Phi) is 7.01.